The van der Waals surface area contributed by atoms with Gasteiger partial charge in [0.1, 0.15) is 5.82 Å². The Morgan fingerprint density at radius 2 is 1.83 bits per heavy atom. The van der Waals surface area contributed by atoms with E-state index < -0.39 is 0 Å². The molecule has 5 nitrogen and oxygen atoms in total. The number of nitrogens with zero attached hydrogens (tertiary/aromatic N) is 1. The molecule has 0 bridgehead atoms. The first-order valence-corrected chi connectivity index (χ1v) is 7.91. The number of hydrogen-bond acceptors (Lipinski definition) is 3. The third-order valence-corrected chi connectivity index (χ3v) is 3.42. The average molecular weight is 323 g/mol. The number of ether oxygens (including phenoxy) is 1. The molecule has 0 aromatic heterocycles. The lowest BCUT2D eigenvalue weighted by atomic mass is 10.1. The van der Waals surface area contributed by atoms with Crippen molar-refractivity contribution in [1.29, 1.82) is 0 Å². The van der Waals surface area contributed by atoms with Gasteiger partial charge in [-0.1, -0.05) is 25.0 Å². The van der Waals surface area contributed by atoms with E-state index in [-0.39, 0.29) is 11.8 Å². The number of nitrogens with one attached hydrogen (secondary N) is 2. The lowest BCUT2D eigenvalue weighted by molar-refractivity contribution is -0.140. The van der Waals surface area contributed by atoms with Gasteiger partial charge in [-0.25, -0.2) is 4.39 Å². The zero-order valence-corrected chi connectivity index (χ0v) is 13.9. The number of carbonyl (C=O) groups excluding carboxylic acids is 1. The van der Waals surface area contributed by atoms with Gasteiger partial charge in [-0.2, -0.15) is 0 Å². The molecule has 0 heterocycles. The minimum absolute atomic E-state index is 0.145. The van der Waals surface area contributed by atoms with E-state index in [9.17, 15) is 9.18 Å². The molecule has 0 unspecified atom stereocenters. The first kappa shape index (κ1) is 18.9. The molecule has 2 N–H and O–H groups in total. The molecule has 6 heteroatoms. The molecule has 0 aliphatic rings. The lowest BCUT2D eigenvalue weighted by Crippen LogP contribution is -2.37. The van der Waals surface area contributed by atoms with Gasteiger partial charge in [0.05, 0.1) is 7.11 Å². The lowest BCUT2D eigenvalue weighted by Gasteiger charge is -2.12. The molecule has 1 aromatic carbocycles. The minimum atomic E-state index is -0.233. The van der Waals surface area contributed by atoms with E-state index in [1.807, 2.05) is 0 Å². The van der Waals surface area contributed by atoms with E-state index in [1.54, 1.807) is 19.2 Å². The van der Waals surface area contributed by atoms with Crippen molar-refractivity contribution < 1.29 is 13.9 Å². The highest BCUT2D eigenvalue weighted by atomic mass is 19.1. The second-order valence-corrected chi connectivity index (χ2v) is 5.22. The second kappa shape index (κ2) is 11.5. The number of unbranched alkanes of at least 4 members (excludes halogenated alkanes) is 3. The molecule has 128 valence electrons. The molecule has 0 spiro atoms. The van der Waals surface area contributed by atoms with Crippen LogP contribution >= 0.6 is 0 Å². The van der Waals surface area contributed by atoms with Crippen LogP contribution in [-0.4, -0.2) is 32.6 Å². The number of benzene rings is 1. The number of halogens is 1. The van der Waals surface area contributed by atoms with E-state index in [2.05, 4.69) is 20.4 Å². The molecule has 0 fully saturated rings. The molecule has 0 saturated heterocycles. The van der Waals surface area contributed by atoms with Crippen molar-refractivity contribution in [2.45, 2.75) is 38.6 Å². The van der Waals surface area contributed by atoms with E-state index in [0.29, 0.717) is 13.0 Å². The highest BCUT2D eigenvalue weighted by Gasteiger charge is 2.00. The number of rotatable bonds is 9. The van der Waals surface area contributed by atoms with Gasteiger partial charge >= 0.3 is 5.97 Å². The fraction of sp³-hybridized carbons (Fsp3) is 0.529. The number of hydrogen-bond donors (Lipinski definition) is 2. The number of methoxy groups -OCH3 is 1. The maximum atomic E-state index is 12.8. The van der Waals surface area contributed by atoms with E-state index in [0.717, 1.165) is 43.8 Å². The first-order chi connectivity index (χ1) is 11.2. The SMILES string of the molecule is CN=C(NCCCCCCC(=O)OC)NCc1ccc(F)cc1. The van der Waals surface area contributed by atoms with Crippen molar-refractivity contribution in [1.82, 2.24) is 10.6 Å². The Kier molecular flexibility index (Phi) is 9.43. The predicted octanol–water partition coefficient (Wildman–Crippen LogP) is 2.61. The Morgan fingerprint density at radius 3 is 2.48 bits per heavy atom. The minimum Gasteiger partial charge on any atom is -0.469 e. The van der Waals surface area contributed by atoms with Gasteiger partial charge in [-0.3, -0.25) is 9.79 Å². The fourth-order valence-corrected chi connectivity index (χ4v) is 2.07. The van der Waals surface area contributed by atoms with E-state index in [4.69, 9.17) is 0 Å². The summed E-state index contributed by atoms with van der Waals surface area (Å²) in [5.41, 5.74) is 0.997. The van der Waals surface area contributed by atoms with Crippen LogP contribution in [0, 0.1) is 5.82 Å². The molecular weight excluding hydrogens is 297 g/mol. The molecule has 0 saturated carbocycles. The highest BCUT2D eigenvalue weighted by molar-refractivity contribution is 5.79. The van der Waals surface area contributed by atoms with Crippen molar-refractivity contribution in [2.24, 2.45) is 4.99 Å². The predicted molar refractivity (Wildman–Crippen MR) is 89.7 cm³/mol. The monoisotopic (exact) mass is 323 g/mol. The fourth-order valence-electron chi connectivity index (χ4n) is 2.07. The van der Waals surface area contributed by atoms with Crippen LogP contribution in [0.25, 0.3) is 0 Å². The smallest absolute Gasteiger partial charge is 0.305 e. The maximum absolute atomic E-state index is 12.8. The van der Waals surface area contributed by atoms with Crippen LogP contribution in [0.5, 0.6) is 0 Å². The third kappa shape index (κ3) is 8.80. The maximum Gasteiger partial charge on any atom is 0.305 e. The van der Waals surface area contributed by atoms with Crippen LogP contribution in [0.15, 0.2) is 29.3 Å². The molecule has 1 aromatic rings. The number of aliphatic imine (C=N–C) groups is 1. The quantitative estimate of drug-likeness (QED) is 0.317. The Bertz CT molecular complexity index is 489. The summed E-state index contributed by atoms with van der Waals surface area (Å²) in [4.78, 5) is 15.1. The highest BCUT2D eigenvalue weighted by Crippen LogP contribution is 2.03. The van der Waals surface area contributed by atoms with E-state index >= 15 is 0 Å². The van der Waals surface area contributed by atoms with Gasteiger partial charge in [-0.05, 0) is 30.5 Å². The molecule has 0 amide bonds. The molecule has 23 heavy (non-hydrogen) atoms. The van der Waals surface area contributed by atoms with Gasteiger partial charge in [0.25, 0.3) is 0 Å². The standard InChI is InChI=1S/C17H26FN3O2/c1-19-17(21-13-14-8-10-15(18)11-9-14)20-12-6-4-3-5-7-16(22)23-2/h8-11H,3-7,12-13H2,1-2H3,(H2,19,20,21). The topological polar surface area (TPSA) is 62.7 Å². The van der Waals surface area contributed by atoms with Gasteiger partial charge in [0.15, 0.2) is 5.96 Å². The van der Waals surface area contributed by atoms with Crippen LogP contribution in [0.4, 0.5) is 4.39 Å². The largest absolute Gasteiger partial charge is 0.469 e. The summed E-state index contributed by atoms with van der Waals surface area (Å²) < 4.78 is 17.4. The molecule has 0 aliphatic carbocycles. The van der Waals surface area contributed by atoms with Crippen molar-refractivity contribution >= 4 is 11.9 Å². The average Bonchev–Trinajstić information content (AvgIpc) is 2.57. The van der Waals surface area contributed by atoms with Crippen LogP contribution in [0.3, 0.4) is 0 Å². The molecule has 1 rings (SSSR count). The van der Waals surface area contributed by atoms with Crippen molar-refractivity contribution in [3.8, 4) is 0 Å². The normalized spacial score (nSPS) is 11.2. The van der Waals surface area contributed by atoms with Crippen molar-refractivity contribution in [2.75, 3.05) is 20.7 Å². The first-order valence-electron chi connectivity index (χ1n) is 7.91. The van der Waals surface area contributed by atoms with Crippen LogP contribution in [0.1, 0.15) is 37.7 Å². The number of esters is 1. The molecule has 0 radical (unpaired) electrons. The number of carbonyl (C=O) groups is 1. The summed E-state index contributed by atoms with van der Waals surface area (Å²) in [5, 5.41) is 6.42. The summed E-state index contributed by atoms with van der Waals surface area (Å²) in [5.74, 6) is 0.348. The molecule has 0 aliphatic heterocycles. The zero-order chi connectivity index (χ0) is 16.9. The second-order valence-electron chi connectivity index (χ2n) is 5.22. The summed E-state index contributed by atoms with van der Waals surface area (Å²) >= 11 is 0. The van der Waals surface area contributed by atoms with Gasteiger partial charge in [-0.15, -0.1) is 0 Å². The Morgan fingerprint density at radius 1 is 1.13 bits per heavy atom. The Labute approximate surface area is 137 Å². The summed E-state index contributed by atoms with van der Waals surface area (Å²) in [6, 6.07) is 6.39. The van der Waals surface area contributed by atoms with Crippen LogP contribution in [-0.2, 0) is 16.1 Å². The molecular formula is C17H26FN3O2. The van der Waals surface area contributed by atoms with Crippen molar-refractivity contribution in [3.63, 3.8) is 0 Å². The van der Waals surface area contributed by atoms with Gasteiger partial charge in [0, 0.05) is 26.6 Å². The summed E-state index contributed by atoms with van der Waals surface area (Å²) in [6.45, 7) is 1.42. The van der Waals surface area contributed by atoms with E-state index in [1.165, 1.54) is 19.2 Å². The van der Waals surface area contributed by atoms with Crippen LogP contribution < -0.4 is 10.6 Å². The third-order valence-electron chi connectivity index (χ3n) is 3.42. The Balaban J connectivity index is 2.10. The summed E-state index contributed by atoms with van der Waals surface area (Å²) in [6.07, 6.45) is 4.44. The summed E-state index contributed by atoms with van der Waals surface area (Å²) in [7, 11) is 3.13. The van der Waals surface area contributed by atoms with Crippen molar-refractivity contribution in [3.05, 3.63) is 35.6 Å². The van der Waals surface area contributed by atoms with Gasteiger partial charge in [0.2, 0.25) is 0 Å². The van der Waals surface area contributed by atoms with Gasteiger partial charge < -0.3 is 15.4 Å². The molecule has 0 atom stereocenters. The zero-order valence-electron chi connectivity index (χ0n) is 13.9. The Hall–Kier alpha value is -2.11. The number of guanidine groups is 1. The van der Waals surface area contributed by atoms with Crippen LogP contribution in [0.2, 0.25) is 0 Å².